The summed E-state index contributed by atoms with van der Waals surface area (Å²) in [4.78, 5) is 16.0. The van der Waals surface area contributed by atoms with Gasteiger partial charge >= 0.3 is 5.97 Å². The van der Waals surface area contributed by atoms with Gasteiger partial charge in [-0.3, -0.25) is 4.79 Å². The van der Waals surface area contributed by atoms with Crippen LogP contribution < -0.4 is 14.8 Å². The summed E-state index contributed by atoms with van der Waals surface area (Å²) in [6.07, 6.45) is 2.20. The third-order valence-electron chi connectivity index (χ3n) is 5.80. The summed E-state index contributed by atoms with van der Waals surface area (Å²) in [6, 6.07) is 17.6. The van der Waals surface area contributed by atoms with Gasteiger partial charge in [-0.25, -0.2) is 4.98 Å². The second kappa shape index (κ2) is 9.73. The van der Waals surface area contributed by atoms with E-state index in [2.05, 4.69) is 17.2 Å². The van der Waals surface area contributed by atoms with Crippen LogP contribution in [-0.2, 0) is 24.1 Å². The van der Waals surface area contributed by atoms with Crippen LogP contribution in [-0.4, -0.2) is 29.7 Å². The first-order chi connectivity index (χ1) is 15.6. The number of hydrogen-bond donors (Lipinski definition) is 2. The summed E-state index contributed by atoms with van der Waals surface area (Å²) in [6.45, 7) is 2.59. The molecule has 6 nitrogen and oxygen atoms in total. The first-order valence-corrected chi connectivity index (χ1v) is 11.0. The zero-order valence-electron chi connectivity index (χ0n) is 18.4. The highest BCUT2D eigenvalue weighted by molar-refractivity contribution is 5.69. The molecule has 0 saturated heterocycles. The summed E-state index contributed by atoms with van der Waals surface area (Å²) < 4.78 is 12.4. The van der Waals surface area contributed by atoms with Crippen molar-refractivity contribution in [2.24, 2.45) is 0 Å². The molecular formula is C26H28N2O4. The van der Waals surface area contributed by atoms with Crippen LogP contribution in [0.2, 0.25) is 0 Å². The molecule has 1 aliphatic heterocycles. The number of carboxylic acids is 1. The highest BCUT2D eigenvalue weighted by Gasteiger charge is 2.27. The Kier molecular flexibility index (Phi) is 6.59. The van der Waals surface area contributed by atoms with Gasteiger partial charge in [0.1, 0.15) is 23.1 Å². The number of benzene rings is 2. The number of anilines is 1. The highest BCUT2D eigenvalue weighted by atomic mass is 16.5. The second-order valence-corrected chi connectivity index (χ2v) is 7.91. The maximum atomic E-state index is 11.5. The number of carbonyl (C=O) groups is 1. The SMILES string of the molecule is CCc1cc(OCCc2cccc(NC)n2)cc2c1CC(CC(=O)O)c1ccccc1O2. The molecule has 0 amide bonds. The Balaban J connectivity index is 1.58. The zero-order chi connectivity index (χ0) is 22.5. The number of nitrogens with zero attached hydrogens (tertiary/aromatic N) is 1. The van der Waals surface area contributed by atoms with E-state index in [0.717, 1.165) is 46.1 Å². The first kappa shape index (κ1) is 21.7. The molecule has 1 atom stereocenters. The Morgan fingerprint density at radius 1 is 1.19 bits per heavy atom. The minimum absolute atomic E-state index is 0.0693. The number of para-hydroxylation sites is 1. The number of rotatable bonds is 8. The number of aryl methyl sites for hydroxylation is 1. The molecule has 0 bridgehead atoms. The van der Waals surface area contributed by atoms with Crippen LogP contribution in [0, 0.1) is 0 Å². The summed E-state index contributed by atoms with van der Waals surface area (Å²) in [5.41, 5.74) is 4.08. The predicted octanol–water partition coefficient (Wildman–Crippen LogP) is 5.21. The predicted molar refractivity (Wildman–Crippen MR) is 124 cm³/mol. The van der Waals surface area contributed by atoms with E-state index in [-0.39, 0.29) is 12.3 Å². The number of carboxylic acid groups (broad SMARTS) is 1. The molecule has 4 rings (SSSR count). The number of pyridine rings is 1. The molecule has 0 fully saturated rings. The number of fused-ring (bicyclic) bond motifs is 2. The van der Waals surface area contributed by atoms with E-state index >= 15 is 0 Å². The third kappa shape index (κ3) is 4.85. The lowest BCUT2D eigenvalue weighted by atomic mass is 9.87. The normalized spacial score (nSPS) is 14.5. The first-order valence-electron chi connectivity index (χ1n) is 11.0. The number of aromatic nitrogens is 1. The van der Waals surface area contributed by atoms with Gasteiger partial charge in [-0.05, 0) is 53.8 Å². The van der Waals surface area contributed by atoms with Crippen molar-refractivity contribution in [1.29, 1.82) is 0 Å². The Morgan fingerprint density at radius 3 is 2.81 bits per heavy atom. The molecule has 1 aromatic heterocycles. The molecular weight excluding hydrogens is 404 g/mol. The van der Waals surface area contributed by atoms with Gasteiger partial charge in [0.25, 0.3) is 0 Å². The van der Waals surface area contributed by atoms with E-state index in [9.17, 15) is 9.90 Å². The van der Waals surface area contributed by atoms with Crippen molar-refractivity contribution in [3.63, 3.8) is 0 Å². The van der Waals surface area contributed by atoms with Gasteiger partial charge in [-0.2, -0.15) is 0 Å². The second-order valence-electron chi connectivity index (χ2n) is 7.91. The van der Waals surface area contributed by atoms with Crippen molar-refractivity contribution in [1.82, 2.24) is 4.98 Å². The van der Waals surface area contributed by atoms with Crippen LogP contribution in [0.3, 0.4) is 0 Å². The van der Waals surface area contributed by atoms with Crippen molar-refractivity contribution in [3.8, 4) is 17.2 Å². The Labute approximate surface area is 188 Å². The summed E-state index contributed by atoms with van der Waals surface area (Å²) in [5.74, 6) is 2.11. The Hall–Kier alpha value is -3.54. The van der Waals surface area contributed by atoms with Gasteiger partial charge in [0.05, 0.1) is 13.0 Å². The quantitative estimate of drug-likeness (QED) is 0.508. The largest absolute Gasteiger partial charge is 0.493 e. The van der Waals surface area contributed by atoms with Gasteiger partial charge < -0.3 is 19.9 Å². The van der Waals surface area contributed by atoms with Gasteiger partial charge in [-0.15, -0.1) is 0 Å². The van der Waals surface area contributed by atoms with Gasteiger partial charge in [0.2, 0.25) is 0 Å². The average molecular weight is 433 g/mol. The minimum atomic E-state index is -0.804. The number of nitrogens with one attached hydrogen (secondary N) is 1. The van der Waals surface area contributed by atoms with Gasteiger partial charge in [-0.1, -0.05) is 31.2 Å². The number of hydrogen-bond acceptors (Lipinski definition) is 5. The van der Waals surface area contributed by atoms with Crippen molar-refractivity contribution in [3.05, 3.63) is 77.0 Å². The van der Waals surface area contributed by atoms with Crippen LogP contribution in [0.1, 0.15) is 41.6 Å². The van der Waals surface area contributed by atoms with Gasteiger partial charge in [0.15, 0.2) is 0 Å². The molecule has 0 spiro atoms. The maximum absolute atomic E-state index is 11.5. The highest BCUT2D eigenvalue weighted by Crippen LogP contribution is 2.43. The van der Waals surface area contributed by atoms with E-state index in [1.165, 1.54) is 0 Å². The van der Waals surface area contributed by atoms with E-state index in [4.69, 9.17) is 9.47 Å². The lowest BCUT2D eigenvalue weighted by molar-refractivity contribution is -0.137. The van der Waals surface area contributed by atoms with Gasteiger partial charge in [0, 0.05) is 31.1 Å². The average Bonchev–Trinajstić information content (AvgIpc) is 2.95. The van der Waals surface area contributed by atoms with Crippen LogP contribution in [0.4, 0.5) is 5.82 Å². The number of ether oxygens (including phenoxy) is 2. The molecule has 32 heavy (non-hydrogen) atoms. The zero-order valence-corrected chi connectivity index (χ0v) is 18.4. The smallest absolute Gasteiger partial charge is 0.303 e. The molecule has 0 radical (unpaired) electrons. The third-order valence-corrected chi connectivity index (χ3v) is 5.80. The van der Waals surface area contributed by atoms with E-state index in [1.54, 1.807) is 0 Å². The maximum Gasteiger partial charge on any atom is 0.303 e. The fourth-order valence-electron chi connectivity index (χ4n) is 4.21. The monoisotopic (exact) mass is 432 g/mol. The van der Waals surface area contributed by atoms with E-state index in [1.807, 2.05) is 61.6 Å². The van der Waals surface area contributed by atoms with E-state index < -0.39 is 5.97 Å². The molecule has 6 heteroatoms. The van der Waals surface area contributed by atoms with Crippen molar-refractivity contribution in [2.75, 3.05) is 19.0 Å². The summed E-state index contributed by atoms with van der Waals surface area (Å²) in [5, 5.41) is 12.5. The fraction of sp³-hybridized carbons (Fsp3) is 0.308. The number of aliphatic carboxylic acids is 1. The lowest BCUT2D eigenvalue weighted by Gasteiger charge is -2.17. The lowest BCUT2D eigenvalue weighted by Crippen LogP contribution is -2.10. The Morgan fingerprint density at radius 2 is 2.03 bits per heavy atom. The standard InChI is InChI=1S/C26H28N2O4/c1-3-17-13-20(31-12-11-19-7-6-10-25(27-2)28-19)16-24-22(17)14-18(15-26(29)30)21-8-4-5-9-23(21)32-24/h4-10,13,16,18H,3,11-12,14-15H2,1-2H3,(H,27,28)(H,29,30). The molecule has 2 aromatic carbocycles. The van der Waals surface area contributed by atoms with Crippen molar-refractivity contribution in [2.45, 2.75) is 38.5 Å². The topological polar surface area (TPSA) is 80.7 Å². The molecule has 1 aliphatic rings. The van der Waals surface area contributed by atoms with Crippen LogP contribution in [0.15, 0.2) is 54.6 Å². The van der Waals surface area contributed by atoms with Crippen LogP contribution in [0.5, 0.6) is 17.2 Å². The summed E-state index contributed by atoms with van der Waals surface area (Å²) >= 11 is 0. The van der Waals surface area contributed by atoms with Crippen LogP contribution in [0.25, 0.3) is 0 Å². The molecule has 2 heterocycles. The molecule has 1 unspecified atom stereocenters. The molecule has 0 saturated carbocycles. The molecule has 3 aromatic rings. The van der Waals surface area contributed by atoms with Crippen molar-refractivity contribution < 1.29 is 19.4 Å². The Bertz CT molecular complexity index is 1110. The van der Waals surface area contributed by atoms with E-state index in [0.29, 0.717) is 25.2 Å². The minimum Gasteiger partial charge on any atom is -0.493 e. The van der Waals surface area contributed by atoms with Crippen molar-refractivity contribution >= 4 is 11.8 Å². The van der Waals surface area contributed by atoms with Crippen LogP contribution >= 0.6 is 0 Å². The fourth-order valence-corrected chi connectivity index (χ4v) is 4.21. The molecule has 166 valence electrons. The summed E-state index contributed by atoms with van der Waals surface area (Å²) in [7, 11) is 1.85. The molecule has 0 aliphatic carbocycles. The molecule has 2 N–H and O–H groups in total.